The van der Waals surface area contributed by atoms with Gasteiger partial charge in [0, 0.05) is 24.3 Å². The Morgan fingerprint density at radius 2 is 1.93 bits per heavy atom. The SMILES string of the molecule is C=C(C)c1cc(C)ccc1N1CCCC1. The summed E-state index contributed by atoms with van der Waals surface area (Å²) < 4.78 is 0. The Bertz CT molecular complexity index is 373. The lowest BCUT2D eigenvalue weighted by Gasteiger charge is -2.22. The van der Waals surface area contributed by atoms with Crippen LogP contribution in [-0.2, 0) is 0 Å². The molecule has 0 atom stereocenters. The second kappa shape index (κ2) is 4.09. The van der Waals surface area contributed by atoms with E-state index in [1.807, 2.05) is 0 Å². The number of aryl methyl sites for hydroxylation is 1. The maximum absolute atomic E-state index is 4.07. The molecule has 1 aliphatic heterocycles. The van der Waals surface area contributed by atoms with Crippen molar-refractivity contribution in [2.45, 2.75) is 26.7 Å². The molecule has 1 heterocycles. The van der Waals surface area contributed by atoms with Gasteiger partial charge in [0.25, 0.3) is 0 Å². The Morgan fingerprint density at radius 3 is 2.53 bits per heavy atom. The molecule has 80 valence electrons. The summed E-state index contributed by atoms with van der Waals surface area (Å²) >= 11 is 0. The highest BCUT2D eigenvalue weighted by atomic mass is 15.1. The zero-order chi connectivity index (χ0) is 10.8. The van der Waals surface area contributed by atoms with Crippen LogP contribution in [0, 0.1) is 6.92 Å². The van der Waals surface area contributed by atoms with E-state index in [1.165, 1.54) is 48.3 Å². The van der Waals surface area contributed by atoms with Crippen molar-refractivity contribution in [3.8, 4) is 0 Å². The zero-order valence-corrected chi connectivity index (χ0v) is 9.71. The molecule has 1 aliphatic rings. The minimum absolute atomic E-state index is 1.17. The molecule has 1 saturated heterocycles. The first-order chi connectivity index (χ1) is 7.18. The summed E-state index contributed by atoms with van der Waals surface area (Å²) in [7, 11) is 0. The van der Waals surface area contributed by atoms with Crippen LogP contribution in [0.5, 0.6) is 0 Å². The largest absolute Gasteiger partial charge is 0.371 e. The van der Waals surface area contributed by atoms with Crippen LogP contribution >= 0.6 is 0 Å². The van der Waals surface area contributed by atoms with Crippen LogP contribution in [0.25, 0.3) is 5.57 Å². The van der Waals surface area contributed by atoms with E-state index in [1.54, 1.807) is 0 Å². The van der Waals surface area contributed by atoms with E-state index in [0.717, 1.165) is 0 Å². The van der Waals surface area contributed by atoms with E-state index >= 15 is 0 Å². The fourth-order valence-corrected chi connectivity index (χ4v) is 2.23. The molecular formula is C14H19N. The van der Waals surface area contributed by atoms with Gasteiger partial charge in [0.1, 0.15) is 0 Å². The summed E-state index contributed by atoms with van der Waals surface area (Å²) in [6.45, 7) is 10.7. The first-order valence-electron chi connectivity index (χ1n) is 5.70. The molecule has 0 N–H and O–H groups in total. The number of nitrogens with zero attached hydrogens (tertiary/aromatic N) is 1. The van der Waals surface area contributed by atoms with Gasteiger partial charge in [0.15, 0.2) is 0 Å². The van der Waals surface area contributed by atoms with Crippen LogP contribution in [0.4, 0.5) is 5.69 Å². The first-order valence-corrected chi connectivity index (χ1v) is 5.70. The van der Waals surface area contributed by atoms with Crippen LogP contribution < -0.4 is 4.90 Å². The fraction of sp³-hybridized carbons (Fsp3) is 0.429. The quantitative estimate of drug-likeness (QED) is 0.706. The monoisotopic (exact) mass is 201 g/mol. The van der Waals surface area contributed by atoms with Crippen molar-refractivity contribution in [3.63, 3.8) is 0 Å². The number of hydrogen-bond donors (Lipinski definition) is 0. The number of anilines is 1. The molecule has 0 aliphatic carbocycles. The summed E-state index contributed by atoms with van der Waals surface area (Å²) in [6, 6.07) is 6.68. The van der Waals surface area contributed by atoms with Crippen molar-refractivity contribution >= 4 is 11.3 Å². The summed E-state index contributed by atoms with van der Waals surface area (Å²) in [6.07, 6.45) is 2.65. The van der Waals surface area contributed by atoms with E-state index in [2.05, 4.69) is 43.5 Å². The molecule has 1 nitrogen and oxygen atoms in total. The average Bonchev–Trinajstić information content (AvgIpc) is 2.70. The van der Waals surface area contributed by atoms with Crippen LogP contribution in [0.3, 0.4) is 0 Å². The zero-order valence-electron chi connectivity index (χ0n) is 9.71. The van der Waals surface area contributed by atoms with Gasteiger partial charge in [-0.05, 0) is 44.4 Å². The summed E-state index contributed by atoms with van der Waals surface area (Å²) in [5.74, 6) is 0. The van der Waals surface area contributed by atoms with Gasteiger partial charge in [0.05, 0.1) is 0 Å². The van der Waals surface area contributed by atoms with Crippen molar-refractivity contribution in [2.24, 2.45) is 0 Å². The smallest absolute Gasteiger partial charge is 0.0442 e. The van der Waals surface area contributed by atoms with E-state index in [-0.39, 0.29) is 0 Å². The predicted molar refractivity (Wildman–Crippen MR) is 67.3 cm³/mol. The summed E-state index contributed by atoms with van der Waals surface area (Å²) in [5, 5.41) is 0. The van der Waals surface area contributed by atoms with Crippen molar-refractivity contribution in [3.05, 3.63) is 35.9 Å². The Morgan fingerprint density at radius 1 is 1.27 bits per heavy atom. The van der Waals surface area contributed by atoms with E-state index in [0.29, 0.717) is 0 Å². The van der Waals surface area contributed by atoms with Crippen molar-refractivity contribution in [1.29, 1.82) is 0 Å². The lowest BCUT2D eigenvalue weighted by Crippen LogP contribution is -2.18. The molecule has 0 aromatic heterocycles. The third kappa shape index (κ3) is 2.06. The number of benzene rings is 1. The van der Waals surface area contributed by atoms with Crippen LogP contribution in [0.15, 0.2) is 24.8 Å². The van der Waals surface area contributed by atoms with Crippen molar-refractivity contribution < 1.29 is 0 Å². The van der Waals surface area contributed by atoms with Gasteiger partial charge >= 0.3 is 0 Å². The molecule has 1 heteroatoms. The summed E-state index contributed by atoms with van der Waals surface area (Å²) in [4.78, 5) is 2.48. The molecule has 15 heavy (non-hydrogen) atoms. The molecule has 1 aromatic rings. The molecule has 1 aromatic carbocycles. The molecule has 1 fully saturated rings. The van der Waals surface area contributed by atoms with E-state index in [4.69, 9.17) is 0 Å². The van der Waals surface area contributed by atoms with Crippen LogP contribution in [-0.4, -0.2) is 13.1 Å². The first kappa shape index (κ1) is 10.3. The van der Waals surface area contributed by atoms with E-state index in [9.17, 15) is 0 Å². The highest BCUT2D eigenvalue weighted by molar-refractivity contribution is 5.75. The minimum Gasteiger partial charge on any atom is -0.371 e. The van der Waals surface area contributed by atoms with E-state index < -0.39 is 0 Å². The molecule has 2 rings (SSSR count). The second-order valence-electron chi connectivity index (χ2n) is 4.50. The standard InChI is InChI=1S/C14H19N/c1-11(2)13-10-12(3)6-7-14(13)15-8-4-5-9-15/h6-7,10H,1,4-5,8-9H2,2-3H3. The van der Waals surface area contributed by atoms with Crippen LogP contribution in [0.2, 0.25) is 0 Å². The predicted octanol–water partition coefficient (Wildman–Crippen LogP) is 3.63. The highest BCUT2D eigenvalue weighted by Crippen LogP contribution is 2.29. The average molecular weight is 201 g/mol. The van der Waals surface area contributed by atoms with Gasteiger partial charge in [-0.15, -0.1) is 0 Å². The normalized spacial score (nSPS) is 15.7. The molecule has 0 spiro atoms. The third-order valence-corrected chi connectivity index (χ3v) is 3.06. The Labute approximate surface area is 92.4 Å². The minimum atomic E-state index is 1.17. The maximum Gasteiger partial charge on any atom is 0.0442 e. The molecule has 0 unspecified atom stereocenters. The number of hydrogen-bond acceptors (Lipinski definition) is 1. The third-order valence-electron chi connectivity index (χ3n) is 3.06. The highest BCUT2D eigenvalue weighted by Gasteiger charge is 2.15. The Balaban J connectivity index is 2.40. The van der Waals surface area contributed by atoms with Gasteiger partial charge in [0.2, 0.25) is 0 Å². The van der Waals surface area contributed by atoms with Gasteiger partial charge in [-0.2, -0.15) is 0 Å². The Kier molecular flexibility index (Phi) is 2.81. The molecule has 0 saturated carbocycles. The number of rotatable bonds is 2. The molecular weight excluding hydrogens is 182 g/mol. The topological polar surface area (TPSA) is 3.24 Å². The number of allylic oxidation sites excluding steroid dienone is 1. The van der Waals surface area contributed by atoms with Gasteiger partial charge in [-0.3, -0.25) is 0 Å². The molecule has 0 bridgehead atoms. The lowest BCUT2D eigenvalue weighted by molar-refractivity contribution is 0.949. The fourth-order valence-electron chi connectivity index (χ4n) is 2.23. The molecule has 0 radical (unpaired) electrons. The van der Waals surface area contributed by atoms with Crippen molar-refractivity contribution in [2.75, 3.05) is 18.0 Å². The van der Waals surface area contributed by atoms with Gasteiger partial charge < -0.3 is 4.90 Å². The van der Waals surface area contributed by atoms with Crippen LogP contribution in [0.1, 0.15) is 30.9 Å². The summed E-state index contributed by atoms with van der Waals surface area (Å²) in [5.41, 5.74) is 5.17. The van der Waals surface area contributed by atoms with Gasteiger partial charge in [-0.1, -0.05) is 18.2 Å². The Hall–Kier alpha value is -1.24. The lowest BCUT2D eigenvalue weighted by atomic mass is 10.0. The maximum atomic E-state index is 4.07. The second-order valence-corrected chi connectivity index (χ2v) is 4.50. The van der Waals surface area contributed by atoms with Crippen molar-refractivity contribution in [1.82, 2.24) is 0 Å². The molecule has 0 amide bonds. The van der Waals surface area contributed by atoms with Gasteiger partial charge in [-0.25, -0.2) is 0 Å².